The van der Waals surface area contributed by atoms with Gasteiger partial charge in [0.1, 0.15) is 5.58 Å². The largest absolute Gasteiger partial charge is 0.438 e. The molecular formula is C12H12N2O. The lowest BCUT2D eigenvalue weighted by Crippen LogP contribution is -1.99. The summed E-state index contributed by atoms with van der Waals surface area (Å²) in [6.45, 7) is 2.03. The van der Waals surface area contributed by atoms with Gasteiger partial charge in [-0.1, -0.05) is 0 Å². The number of nitrogens with two attached hydrogens (primary N) is 1. The van der Waals surface area contributed by atoms with Gasteiger partial charge in [-0.3, -0.25) is 0 Å². The second-order valence-corrected chi connectivity index (χ2v) is 3.99. The minimum atomic E-state index is 0.763. The van der Waals surface area contributed by atoms with Crippen molar-refractivity contribution in [3.8, 4) is 0 Å². The molecule has 1 aliphatic rings. The highest BCUT2D eigenvalue weighted by molar-refractivity contribution is 5.93. The van der Waals surface area contributed by atoms with Crippen molar-refractivity contribution in [2.24, 2.45) is 4.99 Å². The summed E-state index contributed by atoms with van der Waals surface area (Å²) in [5.74, 6) is 0.763. The van der Waals surface area contributed by atoms with Gasteiger partial charge in [-0.25, -0.2) is 4.99 Å². The molecule has 1 aromatic carbocycles. The Balaban J connectivity index is 2.34. The third-order valence-corrected chi connectivity index (χ3v) is 2.82. The van der Waals surface area contributed by atoms with E-state index in [1.807, 2.05) is 25.1 Å². The zero-order valence-corrected chi connectivity index (χ0v) is 8.58. The predicted octanol–water partition coefficient (Wildman–Crippen LogP) is 3.05. The summed E-state index contributed by atoms with van der Waals surface area (Å²) in [6, 6.07) is 5.73. The lowest BCUT2D eigenvalue weighted by atomic mass is 10.0. The van der Waals surface area contributed by atoms with E-state index < -0.39 is 0 Å². The lowest BCUT2D eigenvalue weighted by Gasteiger charge is -2.06. The standard InChI is InChI=1S/C12H12N2O/c1-7-2-4-9-10-6-8(13)3-5-11(10)15-12(9)14-7/h3,5-6H,2,4,13H2,1H3. The maximum absolute atomic E-state index is 5.77. The first kappa shape index (κ1) is 8.53. The average Bonchev–Trinajstić information content (AvgIpc) is 2.54. The Labute approximate surface area is 87.6 Å². The molecule has 0 saturated carbocycles. The van der Waals surface area contributed by atoms with E-state index in [1.165, 1.54) is 5.56 Å². The van der Waals surface area contributed by atoms with Gasteiger partial charge < -0.3 is 10.2 Å². The quantitative estimate of drug-likeness (QED) is 0.664. The molecule has 1 aliphatic heterocycles. The van der Waals surface area contributed by atoms with Crippen LogP contribution in [0, 0.1) is 0 Å². The van der Waals surface area contributed by atoms with Crippen LogP contribution in [0.3, 0.4) is 0 Å². The number of aryl methyl sites for hydroxylation is 1. The van der Waals surface area contributed by atoms with Crippen LogP contribution in [0.4, 0.5) is 11.6 Å². The molecule has 0 saturated heterocycles. The molecule has 0 spiro atoms. The first-order chi connectivity index (χ1) is 7.24. The zero-order valence-electron chi connectivity index (χ0n) is 8.58. The van der Waals surface area contributed by atoms with Crippen molar-refractivity contribution in [2.75, 3.05) is 5.73 Å². The van der Waals surface area contributed by atoms with Crippen LogP contribution >= 0.6 is 0 Å². The zero-order chi connectivity index (χ0) is 10.4. The normalized spacial score (nSPS) is 15.1. The van der Waals surface area contributed by atoms with Gasteiger partial charge in [0.15, 0.2) is 0 Å². The molecule has 76 valence electrons. The maximum Gasteiger partial charge on any atom is 0.223 e. The fraction of sp³-hybridized carbons (Fsp3) is 0.250. The molecule has 3 nitrogen and oxygen atoms in total. The molecule has 0 atom stereocenters. The van der Waals surface area contributed by atoms with E-state index in [2.05, 4.69) is 4.99 Å². The molecule has 1 aromatic heterocycles. The predicted molar refractivity (Wildman–Crippen MR) is 61.7 cm³/mol. The Kier molecular flexibility index (Phi) is 1.63. The third-order valence-electron chi connectivity index (χ3n) is 2.82. The molecule has 0 bridgehead atoms. The highest BCUT2D eigenvalue weighted by Crippen LogP contribution is 2.36. The number of fused-ring (bicyclic) bond motifs is 3. The maximum atomic E-state index is 5.77. The molecule has 2 N–H and O–H groups in total. The van der Waals surface area contributed by atoms with Crippen molar-refractivity contribution in [3.63, 3.8) is 0 Å². The number of hydrogen-bond acceptors (Lipinski definition) is 3. The highest BCUT2D eigenvalue weighted by atomic mass is 16.3. The summed E-state index contributed by atoms with van der Waals surface area (Å²) in [6.07, 6.45) is 2.01. The number of aliphatic imine (C=N–C) groups is 1. The molecule has 15 heavy (non-hydrogen) atoms. The second-order valence-electron chi connectivity index (χ2n) is 3.99. The van der Waals surface area contributed by atoms with E-state index in [-0.39, 0.29) is 0 Å². The monoisotopic (exact) mass is 200 g/mol. The van der Waals surface area contributed by atoms with Crippen LogP contribution in [0.2, 0.25) is 0 Å². The Hall–Kier alpha value is -1.77. The molecule has 0 radical (unpaired) electrons. The second kappa shape index (κ2) is 2.86. The summed E-state index contributed by atoms with van der Waals surface area (Å²) >= 11 is 0. The van der Waals surface area contributed by atoms with Crippen LogP contribution < -0.4 is 5.73 Å². The molecule has 0 aliphatic carbocycles. The molecule has 0 fully saturated rings. The SMILES string of the molecule is CC1=Nc2oc3ccc(N)cc3c2CC1. The first-order valence-corrected chi connectivity index (χ1v) is 5.09. The van der Waals surface area contributed by atoms with Gasteiger partial charge in [-0.05, 0) is 38.0 Å². The van der Waals surface area contributed by atoms with E-state index in [0.717, 1.165) is 41.1 Å². The van der Waals surface area contributed by atoms with Gasteiger partial charge in [-0.2, -0.15) is 0 Å². The van der Waals surface area contributed by atoms with Crippen LogP contribution in [0.5, 0.6) is 0 Å². The van der Waals surface area contributed by atoms with Crippen LogP contribution in [-0.2, 0) is 6.42 Å². The number of hydrogen-bond donors (Lipinski definition) is 1. The third kappa shape index (κ3) is 1.23. The van der Waals surface area contributed by atoms with Crippen LogP contribution in [0.15, 0.2) is 27.6 Å². The lowest BCUT2D eigenvalue weighted by molar-refractivity contribution is 0.617. The van der Waals surface area contributed by atoms with Crippen molar-refractivity contribution in [1.29, 1.82) is 0 Å². The van der Waals surface area contributed by atoms with E-state index in [4.69, 9.17) is 10.2 Å². The molecule has 2 heterocycles. The Bertz CT molecular complexity index is 566. The number of nitrogens with zero attached hydrogens (tertiary/aromatic N) is 1. The number of benzene rings is 1. The summed E-state index contributed by atoms with van der Waals surface area (Å²) < 4.78 is 5.67. The van der Waals surface area contributed by atoms with Crippen molar-refractivity contribution in [2.45, 2.75) is 19.8 Å². The summed E-state index contributed by atoms with van der Waals surface area (Å²) in [5, 5.41) is 1.11. The van der Waals surface area contributed by atoms with Gasteiger partial charge in [0.05, 0.1) is 0 Å². The topological polar surface area (TPSA) is 51.5 Å². The van der Waals surface area contributed by atoms with Crippen molar-refractivity contribution in [3.05, 3.63) is 23.8 Å². The number of anilines is 1. The van der Waals surface area contributed by atoms with Crippen LogP contribution in [-0.4, -0.2) is 5.71 Å². The van der Waals surface area contributed by atoms with Gasteiger partial charge in [0, 0.05) is 22.3 Å². The first-order valence-electron chi connectivity index (χ1n) is 5.09. The highest BCUT2D eigenvalue weighted by Gasteiger charge is 2.17. The molecule has 3 rings (SSSR count). The van der Waals surface area contributed by atoms with Crippen molar-refractivity contribution >= 4 is 28.3 Å². The summed E-state index contributed by atoms with van der Waals surface area (Å²) in [5.41, 5.74) is 9.75. The van der Waals surface area contributed by atoms with Gasteiger partial charge in [0.2, 0.25) is 5.88 Å². The van der Waals surface area contributed by atoms with E-state index in [9.17, 15) is 0 Å². The summed E-state index contributed by atoms with van der Waals surface area (Å²) in [7, 11) is 0. The van der Waals surface area contributed by atoms with E-state index >= 15 is 0 Å². The minimum Gasteiger partial charge on any atom is -0.438 e. The molecular weight excluding hydrogens is 188 g/mol. The van der Waals surface area contributed by atoms with Gasteiger partial charge in [-0.15, -0.1) is 0 Å². The van der Waals surface area contributed by atoms with Crippen molar-refractivity contribution < 1.29 is 4.42 Å². The van der Waals surface area contributed by atoms with Crippen LogP contribution in [0.1, 0.15) is 18.9 Å². The van der Waals surface area contributed by atoms with Crippen LogP contribution in [0.25, 0.3) is 11.0 Å². The average molecular weight is 200 g/mol. The van der Waals surface area contributed by atoms with E-state index in [1.54, 1.807) is 0 Å². The molecule has 0 unspecified atom stereocenters. The minimum absolute atomic E-state index is 0.763. The fourth-order valence-electron chi connectivity index (χ4n) is 2.02. The molecule has 2 aromatic rings. The van der Waals surface area contributed by atoms with Gasteiger partial charge in [0.25, 0.3) is 0 Å². The van der Waals surface area contributed by atoms with E-state index in [0.29, 0.717) is 0 Å². The summed E-state index contributed by atoms with van der Waals surface area (Å²) in [4.78, 5) is 4.42. The Morgan fingerprint density at radius 3 is 3.07 bits per heavy atom. The molecule has 0 amide bonds. The van der Waals surface area contributed by atoms with Gasteiger partial charge >= 0.3 is 0 Å². The number of furan rings is 1. The fourth-order valence-corrected chi connectivity index (χ4v) is 2.02. The number of nitrogen functional groups attached to an aromatic ring is 1. The number of rotatable bonds is 0. The molecule has 3 heteroatoms. The van der Waals surface area contributed by atoms with Crippen molar-refractivity contribution in [1.82, 2.24) is 0 Å². The Morgan fingerprint density at radius 1 is 1.33 bits per heavy atom. The Morgan fingerprint density at radius 2 is 2.20 bits per heavy atom. The smallest absolute Gasteiger partial charge is 0.223 e.